The maximum Gasteiger partial charge on any atom is 0.0548 e. The van der Waals surface area contributed by atoms with Gasteiger partial charge in [-0.05, 0) is 52.4 Å². The minimum absolute atomic E-state index is 0.0810. The summed E-state index contributed by atoms with van der Waals surface area (Å²) in [6, 6.07) is 5.99. The van der Waals surface area contributed by atoms with Crippen LogP contribution in [-0.2, 0) is 4.74 Å². The summed E-state index contributed by atoms with van der Waals surface area (Å²) in [4.78, 5) is 0. The van der Waals surface area contributed by atoms with Gasteiger partial charge in [0.15, 0.2) is 0 Å². The maximum absolute atomic E-state index is 6.27. The fraction of sp³-hybridized carbons (Fsp3) is 0.500. The molecule has 16 heavy (non-hydrogen) atoms. The molecule has 1 aromatic carbocycles. The van der Waals surface area contributed by atoms with E-state index in [4.69, 9.17) is 22.1 Å². The molecule has 0 amide bonds. The third kappa shape index (κ3) is 2.77. The van der Waals surface area contributed by atoms with Crippen LogP contribution in [-0.4, -0.2) is 13.2 Å². The predicted molar refractivity (Wildman–Crippen MR) is 69.6 cm³/mol. The van der Waals surface area contributed by atoms with E-state index in [9.17, 15) is 0 Å². The van der Waals surface area contributed by atoms with Crippen LogP contribution < -0.4 is 5.73 Å². The molecule has 0 spiro atoms. The number of ether oxygens (including phenoxy) is 1. The number of rotatable bonds is 2. The zero-order chi connectivity index (χ0) is 11.5. The third-order valence-corrected chi connectivity index (χ3v) is 4.32. The first-order valence-corrected chi connectivity index (χ1v) is 6.64. The van der Waals surface area contributed by atoms with E-state index in [0.717, 1.165) is 41.1 Å². The lowest BCUT2D eigenvalue weighted by Gasteiger charge is -2.28. The highest BCUT2D eigenvalue weighted by molar-refractivity contribution is 9.10. The number of hydrogen-bond donors (Lipinski definition) is 1. The van der Waals surface area contributed by atoms with Crippen molar-refractivity contribution >= 4 is 27.5 Å². The Morgan fingerprint density at radius 3 is 2.69 bits per heavy atom. The van der Waals surface area contributed by atoms with E-state index >= 15 is 0 Å². The molecule has 1 atom stereocenters. The van der Waals surface area contributed by atoms with E-state index in [1.54, 1.807) is 0 Å². The molecule has 1 aliphatic rings. The standard InChI is InChI=1S/C12H15BrClNO/c13-10-7-9(1-2-11(10)14)12(15)8-3-5-16-6-4-8/h1-2,7-8,12H,3-6,15H2/t12-/m0/s1. The Morgan fingerprint density at radius 2 is 2.06 bits per heavy atom. The van der Waals surface area contributed by atoms with Crippen molar-refractivity contribution in [2.75, 3.05) is 13.2 Å². The van der Waals surface area contributed by atoms with Crippen LogP contribution in [0.4, 0.5) is 0 Å². The van der Waals surface area contributed by atoms with Crippen molar-refractivity contribution in [1.29, 1.82) is 0 Å². The molecule has 1 heterocycles. The molecular weight excluding hydrogens is 289 g/mol. The van der Waals surface area contributed by atoms with Crippen molar-refractivity contribution in [3.05, 3.63) is 33.3 Å². The molecule has 1 aliphatic heterocycles. The molecule has 0 aliphatic carbocycles. The normalized spacial score (nSPS) is 19.7. The van der Waals surface area contributed by atoms with E-state index in [0.29, 0.717) is 5.92 Å². The van der Waals surface area contributed by atoms with Crippen LogP contribution in [0, 0.1) is 5.92 Å². The van der Waals surface area contributed by atoms with Gasteiger partial charge in [0.25, 0.3) is 0 Å². The molecule has 0 saturated carbocycles. The zero-order valence-electron chi connectivity index (χ0n) is 8.96. The molecule has 1 aromatic rings. The highest BCUT2D eigenvalue weighted by atomic mass is 79.9. The van der Waals surface area contributed by atoms with Gasteiger partial charge in [-0.3, -0.25) is 0 Å². The summed E-state index contributed by atoms with van der Waals surface area (Å²) in [5.74, 6) is 0.516. The Morgan fingerprint density at radius 1 is 1.38 bits per heavy atom. The Balaban J connectivity index is 2.12. The Labute approximate surface area is 109 Å². The van der Waals surface area contributed by atoms with Gasteiger partial charge in [0.2, 0.25) is 0 Å². The summed E-state index contributed by atoms with van der Waals surface area (Å²) in [6.07, 6.45) is 2.09. The van der Waals surface area contributed by atoms with Crippen molar-refractivity contribution in [3.63, 3.8) is 0 Å². The predicted octanol–water partition coefficient (Wildman–Crippen LogP) is 3.53. The molecule has 2 nitrogen and oxygen atoms in total. The lowest BCUT2D eigenvalue weighted by atomic mass is 9.88. The average Bonchev–Trinajstić information content (AvgIpc) is 2.33. The number of nitrogens with two attached hydrogens (primary N) is 1. The van der Waals surface area contributed by atoms with Crippen molar-refractivity contribution in [3.8, 4) is 0 Å². The molecule has 1 saturated heterocycles. The summed E-state index contributed by atoms with van der Waals surface area (Å²) < 4.78 is 6.25. The smallest absolute Gasteiger partial charge is 0.0548 e. The number of benzene rings is 1. The largest absolute Gasteiger partial charge is 0.381 e. The zero-order valence-corrected chi connectivity index (χ0v) is 11.3. The second-order valence-electron chi connectivity index (χ2n) is 4.15. The average molecular weight is 305 g/mol. The third-order valence-electron chi connectivity index (χ3n) is 3.10. The quantitative estimate of drug-likeness (QED) is 0.907. The van der Waals surface area contributed by atoms with Gasteiger partial charge in [-0.2, -0.15) is 0 Å². The van der Waals surface area contributed by atoms with Crippen molar-refractivity contribution in [2.45, 2.75) is 18.9 Å². The molecular formula is C12H15BrClNO. The van der Waals surface area contributed by atoms with Crippen LogP contribution in [0.5, 0.6) is 0 Å². The van der Waals surface area contributed by atoms with Gasteiger partial charge in [0, 0.05) is 23.7 Å². The first-order chi connectivity index (χ1) is 7.68. The van der Waals surface area contributed by atoms with Crippen molar-refractivity contribution in [1.82, 2.24) is 0 Å². The fourth-order valence-corrected chi connectivity index (χ4v) is 2.58. The Bertz CT molecular complexity index is 366. The molecule has 0 unspecified atom stereocenters. The topological polar surface area (TPSA) is 35.2 Å². The van der Waals surface area contributed by atoms with Gasteiger partial charge < -0.3 is 10.5 Å². The molecule has 0 aromatic heterocycles. The molecule has 2 rings (SSSR count). The van der Waals surface area contributed by atoms with Crippen LogP contribution in [0.25, 0.3) is 0 Å². The van der Waals surface area contributed by atoms with E-state index in [1.165, 1.54) is 0 Å². The highest BCUT2D eigenvalue weighted by Gasteiger charge is 2.22. The lowest BCUT2D eigenvalue weighted by molar-refractivity contribution is 0.0584. The molecule has 2 N–H and O–H groups in total. The van der Waals surface area contributed by atoms with Gasteiger partial charge in [-0.15, -0.1) is 0 Å². The molecule has 4 heteroatoms. The number of halogens is 2. The van der Waals surface area contributed by atoms with Crippen molar-refractivity contribution in [2.24, 2.45) is 11.7 Å². The Hall–Kier alpha value is -0.0900. The van der Waals surface area contributed by atoms with E-state index in [-0.39, 0.29) is 6.04 Å². The minimum Gasteiger partial charge on any atom is -0.381 e. The molecule has 0 bridgehead atoms. The lowest BCUT2D eigenvalue weighted by Crippen LogP contribution is -2.27. The molecule has 1 fully saturated rings. The van der Waals surface area contributed by atoms with Crippen LogP contribution in [0.15, 0.2) is 22.7 Å². The monoisotopic (exact) mass is 303 g/mol. The van der Waals surface area contributed by atoms with Gasteiger partial charge in [0.05, 0.1) is 5.02 Å². The van der Waals surface area contributed by atoms with Crippen LogP contribution in [0.2, 0.25) is 5.02 Å². The number of hydrogen-bond acceptors (Lipinski definition) is 2. The second-order valence-corrected chi connectivity index (χ2v) is 5.41. The summed E-state index contributed by atoms with van der Waals surface area (Å²) in [7, 11) is 0. The van der Waals surface area contributed by atoms with Gasteiger partial charge in [-0.25, -0.2) is 0 Å². The summed E-state index contributed by atoms with van der Waals surface area (Å²) >= 11 is 9.39. The SMILES string of the molecule is N[C@H](c1ccc(Cl)c(Br)c1)C1CCOCC1. The summed E-state index contributed by atoms with van der Waals surface area (Å²) in [5, 5.41) is 0.725. The van der Waals surface area contributed by atoms with E-state index < -0.39 is 0 Å². The van der Waals surface area contributed by atoms with Crippen LogP contribution >= 0.6 is 27.5 Å². The van der Waals surface area contributed by atoms with Gasteiger partial charge >= 0.3 is 0 Å². The maximum atomic E-state index is 6.27. The first kappa shape index (κ1) is 12.4. The first-order valence-electron chi connectivity index (χ1n) is 5.47. The fourth-order valence-electron chi connectivity index (χ4n) is 2.07. The van der Waals surface area contributed by atoms with Crippen LogP contribution in [0.1, 0.15) is 24.4 Å². The second kappa shape index (κ2) is 5.50. The van der Waals surface area contributed by atoms with E-state index in [2.05, 4.69) is 15.9 Å². The molecule has 0 radical (unpaired) electrons. The molecule has 88 valence electrons. The van der Waals surface area contributed by atoms with Gasteiger partial charge in [0.1, 0.15) is 0 Å². The van der Waals surface area contributed by atoms with Crippen LogP contribution in [0.3, 0.4) is 0 Å². The van der Waals surface area contributed by atoms with E-state index in [1.807, 2.05) is 18.2 Å². The highest BCUT2D eigenvalue weighted by Crippen LogP contribution is 2.31. The minimum atomic E-state index is 0.0810. The summed E-state index contributed by atoms with van der Waals surface area (Å²) in [6.45, 7) is 1.65. The van der Waals surface area contributed by atoms with Crippen molar-refractivity contribution < 1.29 is 4.74 Å². The summed E-state index contributed by atoms with van der Waals surface area (Å²) in [5.41, 5.74) is 7.41. The Kier molecular flexibility index (Phi) is 4.25. The van der Waals surface area contributed by atoms with Gasteiger partial charge in [-0.1, -0.05) is 17.7 Å².